The lowest BCUT2D eigenvalue weighted by atomic mass is 9.92. The average molecular weight is 304 g/mol. The second kappa shape index (κ2) is 5.42. The number of piperidine rings is 1. The Morgan fingerprint density at radius 3 is 2.59 bits per heavy atom. The molecule has 0 saturated carbocycles. The maximum Gasteiger partial charge on any atom is 0.414 e. The van der Waals surface area contributed by atoms with Crippen LogP contribution in [0.2, 0.25) is 0 Å². The van der Waals surface area contributed by atoms with Gasteiger partial charge in [-0.3, -0.25) is 4.90 Å². The first-order valence-corrected chi connectivity index (χ1v) is 7.12. The summed E-state index contributed by atoms with van der Waals surface area (Å²) in [5, 5.41) is 0.957. The van der Waals surface area contributed by atoms with Gasteiger partial charge in [-0.2, -0.15) is 0 Å². The number of nitrogens with zero attached hydrogens (tertiary/aromatic N) is 1. The number of hydrogen-bond donors (Lipinski definition) is 0. The quantitative estimate of drug-likeness (QED) is 0.687. The minimum absolute atomic E-state index is 0.161. The van der Waals surface area contributed by atoms with E-state index in [2.05, 4.69) is 22.5 Å². The molecule has 3 nitrogen and oxygen atoms in total. The molecule has 0 N–H and O–H groups in total. The highest BCUT2D eigenvalue weighted by molar-refractivity contribution is 9.09. The van der Waals surface area contributed by atoms with Crippen LogP contribution in [0.5, 0.6) is 0 Å². The smallest absolute Gasteiger partial charge is 0.414 e. The third-order valence-electron chi connectivity index (χ3n) is 2.79. The van der Waals surface area contributed by atoms with E-state index in [-0.39, 0.29) is 12.1 Å². The fraction of sp³-hybridized carbons (Fsp3) is 0.769. The van der Waals surface area contributed by atoms with Gasteiger partial charge in [-0.25, -0.2) is 4.79 Å². The predicted octanol–water partition coefficient (Wildman–Crippen LogP) is 3.93. The van der Waals surface area contributed by atoms with E-state index < -0.39 is 5.60 Å². The van der Waals surface area contributed by atoms with E-state index in [9.17, 15) is 4.79 Å². The van der Waals surface area contributed by atoms with Gasteiger partial charge in [-0.05, 0) is 46.5 Å². The zero-order valence-corrected chi connectivity index (χ0v) is 12.7. The third kappa shape index (κ3) is 4.02. The van der Waals surface area contributed by atoms with Crippen molar-refractivity contribution in [3.8, 4) is 0 Å². The molecule has 4 heteroatoms. The van der Waals surface area contributed by atoms with Crippen LogP contribution in [-0.2, 0) is 4.74 Å². The van der Waals surface area contributed by atoms with Gasteiger partial charge in [0.15, 0.2) is 0 Å². The molecule has 0 bridgehead atoms. The topological polar surface area (TPSA) is 29.5 Å². The summed E-state index contributed by atoms with van der Waals surface area (Å²) in [6, 6.07) is 0.161. The number of ether oxygens (including phenoxy) is 1. The fourth-order valence-corrected chi connectivity index (χ4v) is 2.65. The molecule has 0 aromatic carbocycles. The molecule has 98 valence electrons. The van der Waals surface area contributed by atoms with Crippen LogP contribution < -0.4 is 0 Å². The standard InChI is InChI=1S/C13H22BrNO2/c1-9-6-11(8-14)7-10(2)15(9)12(16)17-13(3,4)5/h10-11H,1,6-8H2,2-5H3/t10-,11-/m1/s1. The average Bonchev–Trinajstić information content (AvgIpc) is 2.13. The van der Waals surface area contributed by atoms with Crippen molar-refractivity contribution in [3.63, 3.8) is 0 Å². The maximum absolute atomic E-state index is 12.1. The van der Waals surface area contributed by atoms with Crippen molar-refractivity contribution in [1.29, 1.82) is 0 Å². The van der Waals surface area contributed by atoms with Crippen molar-refractivity contribution < 1.29 is 9.53 Å². The zero-order chi connectivity index (χ0) is 13.2. The minimum Gasteiger partial charge on any atom is -0.443 e. The molecule has 1 aliphatic rings. The Hall–Kier alpha value is -0.510. The van der Waals surface area contributed by atoms with E-state index in [1.807, 2.05) is 27.7 Å². The number of carbonyl (C=O) groups is 1. The van der Waals surface area contributed by atoms with E-state index in [0.29, 0.717) is 5.92 Å². The summed E-state index contributed by atoms with van der Waals surface area (Å²) >= 11 is 3.50. The lowest BCUT2D eigenvalue weighted by Crippen LogP contribution is -2.45. The summed E-state index contributed by atoms with van der Waals surface area (Å²) in [4.78, 5) is 13.8. The van der Waals surface area contributed by atoms with Gasteiger partial charge in [0, 0.05) is 17.1 Å². The molecular formula is C13H22BrNO2. The van der Waals surface area contributed by atoms with Gasteiger partial charge >= 0.3 is 6.09 Å². The largest absolute Gasteiger partial charge is 0.443 e. The summed E-state index contributed by atoms with van der Waals surface area (Å²) in [7, 11) is 0. The van der Waals surface area contributed by atoms with Crippen LogP contribution in [0, 0.1) is 5.92 Å². The summed E-state index contributed by atoms with van der Waals surface area (Å²) < 4.78 is 5.40. The van der Waals surface area contributed by atoms with E-state index in [1.54, 1.807) is 4.90 Å². The second-order valence-corrected chi connectivity index (χ2v) is 6.37. The molecule has 1 fully saturated rings. The number of alkyl halides is 1. The lowest BCUT2D eigenvalue weighted by molar-refractivity contribution is 0.0188. The number of amides is 1. The van der Waals surface area contributed by atoms with Crippen LogP contribution in [0.25, 0.3) is 0 Å². The first kappa shape index (κ1) is 14.6. The summed E-state index contributed by atoms with van der Waals surface area (Å²) in [6.45, 7) is 11.7. The number of carbonyl (C=O) groups excluding carboxylic acids is 1. The summed E-state index contributed by atoms with van der Waals surface area (Å²) in [5.41, 5.74) is 0.408. The number of rotatable bonds is 1. The molecule has 1 saturated heterocycles. The molecule has 2 atom stereocenters. The molecule has 0 aromatic heterocycles. The zero-order valence-electron chi connectivity index (χ0n) is 11.1. The number of halogens is 1. The fourth-order valence-electron chi connectivity index (χ4n) is 2.15. The van der Waals surface area contributed by atoms with Crippen LogP contribution in [0.1, 0.15) is 40.5 Å². The molecule has 0 aliphatic carbocycles. The van der Waals surface area contributed by atoms with Crippen molar-refractivity contribution >= 4 is 22.0 Å². The van der Waals surface area contributed by atoms with Gasteiger partial charge in [0.05, 0.1) is 0 Å². The molecule has 17 heavy (non-hydrogen) atoms. The van der Waals surface area contributed by atoms with Gasteiger partial charge < -0.3 is 4.74 Å². The molecule has 0 unspecified atom stereocenters. The normalized spacial score (nSPS) is 25.9. The van der Waals surface area contributed by atoms with Crippen LogP contribution in [0.4, 0.5) is 4.79 Å². The number of hydrogen-bond acceptors (Lipinski definition) is 2. The van der Waals surface area contributed by atoms with Crippen molar-refractivity contribution in [1.82, 2.24) is 4.90 Å². The first-order chi connectivity index (χ1) is 7.74. The lowest BCUT2D eigenvalue weighted by Gasteiger charge is -2.39. The Morgan fingerprint density at radius 2 is 2.18 bits per heavy atom. The molecule has 0 spiro atoms. The second-order valence-electron chi connectivity index (χ2n) is 5.73. The Kier molecular flexibility index (Phi) is 4.64. The van der Waals surface area contributed by atoms with Crippen LogP contribution in [-0.4, -0.2) is 28.0 Å². The Bertz CT molecular complexity index is 309. The molecule has 1 aliphatic heterocycles. The van der Waals surface area contributed by atoms with Gasteiger partial charge in [-0.1, -0.05) is 22.5 Å². The van der Waals surface area contributed by atoms with Crippen molar-refractivity contribution in [2.75, 3.05) is 5.33 Å². The molecule has 1 rings (SSSR count). The highest BCUT2D eigenvalue weighted by Crippen LogP contribution is 2.31. The first-order valence-electron chi connectivity index (χ1n) is 6.00. The molecule has 0 aromatic rings. The summed E-state index contributed by atoms with van der Waals surface area (Å²) in [5.74, 6) is 0.566. The number of allylic oxidation sites excluding steroid dienone is 1. The van der Waals surface area contributed by atoms with Crippen molar-refractivity contribution in [2.24, 2.45) is 5.92 Å². The monoisotopic (exact) mass is 303 g/mol. The summed E-state index contributed by atoms with van der Waals surface area (Å²) in [6.07, 6.45) is 1.57. The highest BCUT2D eigenvalue weighted by atomic mass is 79.9. The number of likely N-dealkylation sites (tertiary alicyclic amines) is 1. The van der Waals surface area contributed by atoms with Gasteiger partial charge in [0.2, 0.25) is 0 Å². The Morgan fingerprint density at radius 1 is 1.59 bits per heavy atom. The van der Waals surface area contributed by atoms with E-state index in [1.165, 1.54) is 0 Å². The highest BCUT2D eigenvalue weighted by Gasteiger charge is 2.33. The van der Waals surface area contributed by atoms with Crippen LogP contribution >= 0.6 is 15.9 Å². The Labute approximate surface area is 112 Å². The SMILES string of the molecule is C=C1C[C@@H](CBr)C[C@@H](C)N1C(=O)OC(C)(C)C. The minimum atomic E-state index is -0.455. The molecule has 1 heterocycles. The molecular weight excluding hydrogens is 282 g/mol. The van der Waals surface area contributed by atoms with Crippen LogP contribution in [0.3, 0.4) is 0 Å². The third-order valence-corrected chi connectivity index (χ3v) is 3.70. The molecule has 1 amide bonds. The van der Waals surface area contributed by atoms with Crippen molar-refractivity contribution in [3.05, 3.63) is 12.3 Å². The van der Waals surface area contributed by atoms with Gasteiger partial charge in [0.1, 0.15) is 5.60 Å². The van der Waals surface area contributed by atoms with E-state index in [0.717, 1.165) is 23.9 Å². The van der Waals surface area contributed by atoms with E-state index in [4.69, 9.17) is 4.74 Å². The van der Waals surface area contributed by atoms with E-state index >= 15 is 0 Å². The van der Waals surface area contributed by atoms with Gasteiger partial charge in [0.25, 0.3) is 0 Å². The predicted molar refractivity (Wildman–Crippen MR) is 73.2 cm³/mol. The Balaban J connectivity index is 2.71. The van der Waals surface area contributed by atoms with Crippen LogP contribution in [0.15, 0.2) is 12.3 Å². The van der Waals surface area contributed by atoms with Crippen molar-refractivity contribution in [2.45, 2.75) is 52.2 Å². The molecule has 0 radical (unpaired) electrons. The van der Waals surface area contributed by atoms with Gasteiger partial charge in [-0.15, -0.1) is 0 Å². The maximum atomic E-state index is 12.1.